The van der Waals surface area contributed by atoms with E-state index in [1.54, 1.807) is 31.3 Å². The number of halogens is 1. The minimum Gasteiger partial charge on any atom is -0.496 e. The van der Waals surface area contributed by atoms with E-state index in [1.807, 2.05) is 0 Å². The number of rotatable bonds is 6. The molecule has 0 spiro atoms. The zero-order valence-electron chi connectivity index (χ0n) is 16.2. The zero-order chi connectivity index (χ0) is 20.1. The van der Waals surface area contributed by atoms with Gasteiger partial charge in [0, 0.05) is 30.2 Å². The average Bonchev–Trinajstić information content (AvgIpc) is 2.67. The third-order valence-corrected chi connectivity index (χ3v) is 5.22. The summed E-state index contributed by atoms with van der Waals surface area (Å²) in [4.78, 5) is 28.3. The normalized spacial score (nSPS) is 19.1. The van der Waals surface area contributed by atoms with Gasteiger partial charge in [-0.25, -0.2) is 9.37 Å². The fourth-order valence-electron chi connectivity index (χ4n) is 3.92. The van der Waals surface area contributed by atoms with Gasteiger partial charge < -0.3 is 14.8 Å². The van der Waals surface area contributed by atoms with E-state index in [2.05, 4.69) is 10.3 Å². The molecule has 1 aromatic heterocycles. The Morgan fingerprint density at radius 1 is 1.25 bits per heavy atom. The number of anilines is 1. The van der Waals surface area contributed by atoms with E-state index in [0.717, 1.165) is 36.8 Å². The van der Waals surface area contributed by atoms with Crippen LogP contribution in [0.25, 0.3) is 11.1 Å². The summed E-state index contributed by atoms with van der Waals surface area (Å²) >= 11 is 0. The molecular weight excluding hydrogens is 359 g/mol. The van der Waals surface area contributed by atoms with Crippen molar-refractivity contribution in [3.05, 3.63) is 42.3 Å². The Labute approximate surface area is 164 Å². The first-order valence-electron chi connectivity index (χ1n) is 9.56. The zero-order valence-corrected chi connectivity index (χ0v) is 16.2. The number of carbonyl (C=O) groups excluding carboxylic acids is 2. The Bertz CT molecular complexity index is 869. The van der Waals surface area contributed by atoms with E-state index in [9.17, 15) is 14.0 Å². The second kappa shape index (κ2) is 8.95. The summed E-state index contributed by atoms with van der Waals surface area (Å²) < 4.78 is 18.7. The van der Waals surface area contributed by atoms with Crippen molar-refractivity contribution in [2.24, 2.45) is 11.8 Å². The number of ketones is 1. The van der Waals surface area contributed by atoms with Gasteiger partial charge >= 0.3 is 0 Å². The largest absolute Gasteiger partial charge is 0.496 e. The van der Waals surface area contributed by atoms with Crippen LogP contribution < -0.4 is 10.1 Å². The highest BCUT2D eigenvalue weighted by molar-refractivity contribution is 5.92. The molecule has 1 aliphatic carbocycles. The molecule has 1 N–H and O–H groups in total. The van der Waals surface area contributed by atoms with Crippen LogP contribution in [-0.4, -0.2) is 23.8 Å². The second-order valence-electron chi connectivity index (χ2n) is 7.40. The van der Waals surface area contributed by atoms with Gasteiger partial charge in [-0.1, -0.05) is 6.42 Å². The maximum Gasteiger partial charge on any atom is 0.228 e. The van der Waals surface area contributed by atoms with Gasteiger partial charge in [-0.3, -0.25) is 4.79 Å². The Balaban J connectivity index is 1.72. The van der Waals surface area contributed by atoms with Gasteiger partial charge in [0.25, 0.3) is 0 Å². The van der Waals surface area contributed by atoms with Crippen molar-refractivity contribution in [3.8, 4) is 16.9 Å². The summed E-state index contributed by atoms with van der Waals surface area (Å²) in [7, 11) is 1.49. The van der Waals surface area contributed by atoms with Crippen LogP contribution in [0, 0.1) is 17.7 Å². The highest BCUT2D eigenvalue weighted by atomic mass is 19.1. The number of nitrogens with one attached hydrogen (secondary N) is 1. The summed E-state index contributed by atoms with van der Waals surface area (Å²) in [6.45, 7) is 1.60. The molecule has 148 valence electrons. The van der Waals surface area contributed by atoms with Crippen LogP contribution in [0.4, 0.5) is 10.2 Å². The lowest BCUT2D eigenvalue weighted by molar-refractivity contribution is -0.123. The third-order valence-electron chi connectivity index (χ3n) is 5.22. The maximum atomic E-state index is 13.4. The Kier molecular flexibility index (Phi) is 6.39. The number of hydrogen-bond acceptors (Lipinski definition) is 4. The molecular formula is C22H25FN2O3. The van der Waals surface area contributed by atoms with Crippen molar-refractivity contribution in [1.29, 1.82) is 0 Å². The number of Topliss-reactive ketones (excluding diaryl/α,β-unsaturated/α-hetero) is 1. The fourth-order valence-corrected chi connectivity index (χ4v) is 3.92. The molecule has 6 heteroatoms. The lowest BCUT2D eigenvalue weighted by Crippen LogP contribution is -2.29. The molecule has 0 saturated heterocycles. The van der Waals surface area contributed by atoms with Crippen molar-refractivity contribution in [1.82, 2.24) is 4.98 Å². The molecule has 1 saturated carbocycles. The Morgan fingerprint density at radius 3 is 2.82 bits per heavy atom. The SMILES string of the molecule is COc1cc(F)ccc1-c1ccnc(NC(=O)[C@H]2CCC[C@@H](CC(C)=O)C2)c1. The van der Waals surface area contributed by atoms with Crippen molar-refractivity contribution in [3.63, 3.8) is 0 Å². The van der Waals surface area contributed by atoms with E-state index >= 15 is 0 Å². The molecule has 0 aliphatic heterocycles. The number of hydrogen-bond donors (Lipinski definition) is 1. The van der Waals surface area contributed by atoms with E-state index in [4.69, 9.17) is 4.74 Å². The molecule has 0 unspecified atom stereocenters. The van der Waals surface area contributed by atoms with Crippen LogP contribution in [0.15, 0.2) is 36.5 Å². The van der Waals surface area contributed by atoms with E-state index in [-0.39, 0.29) is 29.3 Å². The predicted octanol–water partition coefficient (Wildman–Crippen LogP) is 4.62. The molecule has 1 aliphatic rings. The fraction of sp³-hybridized carbons (Fsp3) is 0.409. The van der Waals surface area contributed by atoms with Crippen molar-refractivity contribution in [2.45, 2.75) is 39.0 Å². The number of amides is 1. The number of benzene rings is 1. The summed E-state index contributed by atoms with van der Waals surface area (Å²) in [5, 5.41) is 2.89. The van der Waals surface area contributed by atoms with Crippen LogP contribution in [0.2, 0.25) is 0 Å². The number of methoxy groups -OCH3 is 1. The van der Waals surface area contributed by atoms with E-state index in [0.29, 0.717) is 18.0 Å². The van der Waals surface area contributed by atoms with Crippen LogP contribution >= 0.6 is 0 Å². The smallest absolute Gasteiger partial charge is 0.228 e. The molecule has 0 radical (unpaired) electrons. The third kappa shape index (κ3) is 4.94. The lowest BCUT2D eigenvalue weighted by atomic mass is 9.79. The average molecular weight is 384 g/mol. The first-order chi connectivity index (χ1) is 13.5. The lowest BCUT2D eigenvalue weighted by Gasteiger charge is -2.27. The van der Waals surface area contributed by atoms with Gasteiger partial charge in [0.1, 0.15) is 23.2 Å². The molecule has 1 aromatic carbocycles. The number of aromatic nitrogens is 1. The van der Waals surface area contributed by atoms with Crippen LogP contribution in [0.3, 0.4) is 0 Å². The topological polar surface area (TPSA) is 68.3 Å². The quantitative estimate of drug-likeness (QED) is 0.789. The minimum atomic E-state index is -0.374. The standard InChI is InChI=1S/C22H25FN2O3/c1-14(26)10-15-4-3-5-17(11-15)22(27)25-21-12-16(8-9-24-21)19-7-6-18(23)13-20(19)28-2/h6-9,12-13,15,17H,3-5,10-11H2,1-2H3,(H,24,25,27)/t15-,17-/m0/s1. The highest BCUT2D eigenvalue weighted by Gasteiger charge is 2.28. The summed E-state index contributed by atoms with van der Waals surface area (Å²) in [6.07, 6.45) is 5.66. The van der Waals surface area contributed by atoms with Gasteiger partial charge in [0.05, 0.1) is 7.11 Å². The highest BCUT2D eigenvalue weighted by Crippen LogP contribution is 2.33. The molecule has 1 amide bonds. The molecule has 5 nitrogen and oxygen atoms in total. The predicted molar refractivity (Wildman–Crippen MR) is 106 cm³/mol. The van der Waals surface area contributed by atoms with Crippen molar-refractivity contribution >= 4 is 17.5 Å². The van der Waals surface area contributed by atoms with Crippen molar-refractivity contribution in [2.75, 3.05) is 12.4 Å². The summed E-state index contributed by atoms with van der Waals surface area (Å²) in [5.41, 5.74) is 1.50. The molecule has 1 heterocycles. The van der Waals surface area contributed by atoms with Gasteiger partial charge in [-0.15, -0.1) is 0 Å². The summed E-state index contributed by atoms with van der Waals surface area (Å²) in [6, 6.07) is 7.87. The van der Waals surface area contributed by atoms with Crippen molar-refractivity contribution < 1.29 is 18.7 Å². The molecule has 2 atom stereocenters. The second-order valence-corrected chi connectivity index (χ2v) is 7.40. The number of nitrogens with zero attached hydrogens (tertiary/aromatic N) is 1. The molecule has 3 rings (SSSR count). The number of ether oxygens (including phenoxy) is 1. The molecule has 28 heavy (non-hydrogen) atoms. The monoisotopic (exact) mass is 384 g/mol. The first kappa shape index (κ1) is 20.0. The molecule has 2 aromatic rings. The van der Waals surface area contributed by atoms with Crippen LogP contribution in [-0.2, 0) is 9.59 Å². The van der Waals surface area contributed by atoms with Crippen LogP contribution in [0.1, 0.15) is 39.0 Å². The summed E-state index contributed by atoms with van der Waals surface area (Å²) in [5.74, 6) is 0.775. The van der Waals surface area contributed by atoms with Gasteiger partial charge in [0.15, 0.2) is 0 Å². The maximum absolute atomic E-state index is 13.4. The Morgan fingerprint density at radius 2 is 2.07 bits per heavy atom. The molecule has 1 fully saturated rings. The van der Waals surface area contributed by atoms with Crippen LogP contribution in [0.5, 0.6) is 5.75 Å². The van der Waals surface area contributed by atoms with E-state index in [1.165, 1.54) is 19.2 Å². The minimum absolute atomic E-state index is 0.0658. The van der Waals surface area contributed by atoms with Gasteiger partial charge in [-0.2, -0.15) is 0 Å². The first-order valence-corrected chi connectivity index (χ1v) is 9.56. The van der Waals surface area contributed by atoms with E-state index < -0.39 is 0 Å². The molecule has 0 bridgehead atoms. The van der Waals surface area contributed by atoms with Gasteiger partial charge in [0.2, 0.25) is 5.91 Å². The van der Waals surface area contributed by atoms with Gasteiger partial charge in [-0.05, 0) is 61.9 Å². The number of pyridine rings is 1. The number of carbonyl (C=O) groups is 2. The Hall–Kier alpha value is -2.76.